The molecule has 1 aliphatic carbocycles. The maximum Gasteiger partial charge on any atom is 0.185 e. The zero-order valence-corrected chi connectivity index (χ0v) is 6.25. The highest BCUT2D eigenvalue weighted by molar-refractivity contribution is 5.72. The number of hydrogen-bond donors (Lipinski definition) is 0. The van der Waals surface area contributed by atoms with Gasteiger partial charge in [0.15, 0.2) is 12.0 Å². The summed E-state index contributed by atoms with van der Waals surface area (Å²) < 4.78 is 4.97. The van der Waals surface area contributed by atoms with Crippen LogP contribution >= 0.6 is 0 Å². The molecule has 1 aliphatic rings. The highest BCUT2D eigenvalue weighted by atomic mass is 16.3. The molecule has 58 valence electrons. The molecule has 1 aromatic rings. The summed E-state index contributed by atoms with van der Waals surface area (Å²) in [6.45, 7) is 0. The van der Waals surface area contributed by atoms with Crippen molar-refractivity contribution in [2.24, 2.45) is 5.92 Å². The first-order chi connectivity index (χ1) is 5.40. The van der Waals surface area contributed by atoms with E-state index in [0.29, 0.717) is 5.76 Å². The van der Waals surface area contributed by atoms with Crippen LogP contribution in [0.1, 0.15) is 29.0 Å². The fraction of sp³-hybridized carbons (Fsp3) is 0.444. The Balaban J connectivity index is 2.13. The van der Waals surface area contributed by atoms with Gasteiger partial charge in [0.1, 0.15) is 0 Å². The molecule has 0 bridgehead atoms. The number of carbonyl (C=O) groups excluding carboxylic acids is 1. The fourth-order valence-corrected chi connectivity index (χ4v) is 1.25. The van der Waals surface area contributed by atoms with Gasteiger partial charge >= 0.3 is 0 Å². The molecular weight excluding hydrogens is 140 g/mol. The quantitative estimate of drug-likeness (QED) is 0.617. The average Bonchev–Trinajstić information content (AvgIpc) is 2.68. The Hall–Kier alpha value is -1.05. The maximum absolute atomic E-state index is 10.4. The van der Waals surface area contributed by atoms with Gasteiger partial charge in [-0.1, -0.05) is 0 Å². The zero-order chi connectivity index (χ0) is 7.68. The molecule has 1 fully saturated rings. The molecule has 2 rings (SSSR count). The van der Waals surface area contributed by atoms with E-state index in [-0.39, 0.29) is 0 Å². The molecule has 0 N–H and O–H groups in total. The van der Waals surface area contributed by atoms with E-state index in [1.807, 2.05) is 6.07 Å². The van der Waals surface area contributed by atoms with Gasteiger partial charge in [0.2, 0.25) is 0 Å². The van der Waals surface area contributed by atoms with Gasteiger partial charge in [-0.2, -0.15) is 0 Å². The molecule has 0 saturated heterocycles. The van der Waals surface area contributed by atoms with E-state index in [1.165, 1.54) is 12.8 Å². The van der Waals surface area contributed by atoms with E-state index in [4.69, 9.17) is 4.42 Å². The van der Waals surface area contributed by atoms with Crippen molar-refractivity contribution in [2.75, 3.05) is 0 Å². The van der Waals surface area contributed by atoms with Gasteiger partial charge in [-0.25, -0.2) is 0 Å². The Labute approximate surface area is 65.2 Å². The molecule has 2 nitrogen and oxygen atoms in total. The third-order valence-electron chi connectivity index (χ3n) is 2.09. The van der Waals surface area contributed by atoms with Crippen LogP contribution < -0.4 is 0 Å². The Morgan fingerprint density at radius 3 is 3.09 bits per heavy atom. The summed E-state index contributed by atoms with van der Waals surface area (Å²) in [5.41, 5.74) is 1.07. The van der Waals surface area contributed by atoms with Crippen molar-refractivity contribution < 1.29 is 9.21 Å². The molecule has 0 atom stereocenters. The maximum atomic E-state index is 10.4. The normalized spacial score (nSPS) is 16.7. The van der Waals surface area contributed by atoms with Crippen LogP contribution in [0.25, 0.3) is 0 Å². The molecule has 0 aromatic carbocycles. The highest BCUT2D eigenvalue weighted by Gasteiger charge is 2.23. The first kappa shape index (κ1) is 6.65. The van der Waals surface area contributed by atoms with Crippen molar-refractivity contribution in [3.8, 4) is 0 Å². The first-order valence-corrected chi connectivity index (χ1v) is 3.91. The summed E-state index contributed by atoms with van der Waals surface area (Å²) in [5, 5.41) is 0. The van der Waals surface area contributed by atoms with Gasteiger partial charge in [-0.15, -0.1) is 0 Å². The lowest BCUT2D eigenvalue weighted by Gasteiger charge is -1.92. The number of furan rings is 1. The van der Waals surface area contributed by atoms with Crippen LogP contribution in [0.15, 0.2) is 16.7 Å². The van der Waals surface area contributed by atoms with Crippen LogP contribution in [0.2, 0.25) is 0 Å². The summed E-state index contributed by atoms with van der Waals surface area (Å²) in [7, 11) is 0. The summed E-state index contributed by atoms with van der Waals surface area (Å²) in [6.07, 6.45) is 6.01. The summed E-state index contributed by atoms with van der Waals surface area (Å²) in [4.78, 5) is 10.4. The van der Waals surface area contributed by atoms with Crippen LogP contribution in [-0.2, 0) is 6.42 Å². The van der Waals surface area contributed by atoms with Gasteiger partial charge in [0.05, 0.1) is 6.26 Å². The number of rotatable bonds is 3. The number of aldehydes is 1. The third-order valence-corrected chi connectivity index (χ3v) is 2.09. The Morgan fingerprint density at radius 2 is 2.45 bits per heavy atom. The van der Waals surface area contributed by atoms with E-state index in [1.54, 1.807) is 6.26 Å². The van der Waals surface area contributed by atoms with E-state index in [0.717, 1.165) is 24.2 Å². The lowest BCUT2D eigenvalue weighted by molar-refractivity contribution is 0.109. The van der Waals surface area contributed by atoms with E-state index in [2.05, 4.69) is 0 Å². The molecule has 0 amide bonds. The van der Waals surface area contributed by atoms with Gasteiger partial charge in [-0.05, 0) is 31.2 Å². The van der Waals surface area contributed by atoms with Crippen LogP contribution in [0.3, 0.4) is 0 Å². The second-order valence-corrected chi connectivity index (χ2v) is 3.08. The predicted molar refractivity (Wildman–Crippen MR) is 40.5 cm³/mol. The number of carbonyl (C=O) groups is 1. The highest BCUT2D eigenvalue weighted by Crippen LogP contribution is 2.33. The molecule has 0 radical (unpaired) electrons. The fourth-order valence-electron chi connectivity index (χ4n) is 1.25. The van der Waals surface area contributed by atoms with Crippen molar-refractivity contribution in [3.05, 3.63) is 23.7 Å². The van der Waals surface area contributed by atoms with Gasteiger partial charge in [0.25, 0.3) is 0 Å². The molecule has 2 heteroatoms. The Kier molecular flexibility index (Phi) is 1.53. The van der Waals surface area contributed by atoms with Crippen LogP contribution in [0, 0.1) is 5.92 Å². The van der Waals surface area contributed by atoms with E-state index < -0.39 is 0 Å². The van der Waals surface area contributed by atoms with E-state index >= 15 is 0 Å². The average molecular weight is 150 g/mol. The van der Waals surface area contributed by atoms with Crippen molar-refractivity contribution >= 4 is 6.29 Å². The van der Waals surface area contributed by atoms with Crippen molar-refractivity contribution in [2.45, 2.75) is 19.3 Å². The smallest absolute Gasteiger partial charge is 0.185 e. The molecule has 11 heavy (non-hydrogen) atoms. The molecule has 1 aromatic heterocycles. The minimum absolute atomic E-state index is 0.511. The predicted octanol–water partition coefficient (Wildman–Crippen LogP) is 2.04. The second-order valence-electron chi connectivity index (χ2n) is 3.08. The lowest BCUT2D eigenvalue weighted by atomic mass is 10.1. The second kappa shape index (κ2) is 2.53. The molecule has 0 spiro atoms. The summed E-state index contributed by atoms with van der Waals surface area (Å²) >= 11 is 0. The lowest BCUT2D eigenvalue weighted by Crippen LogP contribution is -1.88. The molecular formula is C9H10O2. The van der Waals surface area contributed by atoms with E-state index in [9.17, 15) is 4.79 Å². The zero-order valence-electron chi connectivity index (χ0n) is 6.25. The topological polar surface area (TPSA) is 30.2 Å². The molecule has 1 heterocycles. The van der Waals surface area contributed by atoms with Crippen molar-refractivity contribution in [1.82, 2.24) is 0 Å². The van der Waals surface area contributed by atoms with Gasteiger partial charge in [0, 0.05) is 5.56 Å². The molecule has 1 saturated carbocycles. The number of hydrogen-bond acceptors (Lipinski definition) is 2. The Morgan fingerprint density at radius 1 is 1.64 bits per heavy atom. The summed E-state index contributed by atoms with van der Waals surface area (Å²) in [5.74, 6) is 1.32. The van der Waals surface area contributed by atoms with Gasteiger partial charge < -0.3 is 4.42 Å². The monoisotopic (exact) mass is 150 g/mol. The SMILES string of the molecule is O=Cc1occc1CC1CC1. The third kappa shape index (κ3) is 1.34. The minimum Gasteiger partial charge on any atom is -0.461 e. The minimum atomic E-state index is 0.511. The first-order valence-electron chi connectivity index (χ1n) is 3.91. The van der Waals surface area contributed by atoms with Crippen molar-refractivity contribution in [3.63, 3.8) is 0 Å². The molecule has 0 aliphatic heterocycles. The van der Waals surface area contributed by atoms with Crippen LogP contribution in [-0.4, -0.2) is 6.29 Å². The van der Waals surface area contributed by atoms with Crippen LogP contribution in [0.4, 0.5) is 0 Å². The van der Waals surface area contributed by atoms with Crippen molar-refractivity contribution in [1.29, 1.82) is 0 Å². The standard InChI is InChI=1S/C9H10O2/c10-6-9-8(3-4-11-9)5-7-1-2-7/h3-4,6-7H,1-2,5H2. The van der Waals surface area contributed by atoms with Crippen LogP contribution in [0.5, 0.6) is 0 Å². The largest absolute Gasteiger partial charge is 0.461 e. The van der Waals surface area contributed by atoms with Gasteiger partial charge in [-0.3, -0.25) is 4.79 Å². The Bertz CT molecular complexity index is 258. The molecule has 0 unspecified atom stereocenters. The summed E-state index contributed by atoms with van der Waals surface area (Å²) in [6, 6.07) is 1.89.